The third-order valence-electron chi connectivity index (χ3n) is 6.28. The van der Waals surface area contributed by atoms with Crippen LogP contribution in [0.25, 0.3) is 17.2 Å². The van der Waals surface area contributed by atoms with E-state index in [1.165, 1.54) is 12.1 Å². The molecule has 1 amide bonds. The van der Waals surface area contributed by atoms with Crippen molar-refractivity contribution >= 4 is 5.91 Å². The highest BCUT2D eigenvalue weighted by Gasteiger charge is 2.28. The third kappa shape index (κ3) is 4.59. The van der Waals surface area contributed by atoms with Gasteiger partial charge >= 0.3 is 0 Å². The van der Waals surface area contributed by atoms with Gasteiger partial charge in [0.05, 0.1) is 11.4 Å². The molecule has 0 bridgehead atoms. The van der Waals surface area contributed by atoms with Crippen molar-refractivity contribution < 1.29 is 9.18 Å². The number of carbonyl (C=O) groups is 1. The second-order valence-corrected chi connectivity index (χ2v) is 8.55. The summed E-state index contributed by atoms with van der Waals surface area (Å²) in [6.45, 7) is 3.91. The van der Waals surface area contributed by atoms with E-state index >= 15 is 0 Å². The number of hydrogen-bond acceptors (Lipinski definition) is 5. The summed E-state index contributed by atoms with van der Waals surface area (Å²) in [5.74, 6) is 0.403. The minimum absolute atomic E-state index is 0.0923. The summed E-state index contributed by atoms with van der Waals surface area (Å²) in [5, 5.41) is 9.03. The molecule has 4 aromatic rings. The lowest BCUT2D eigenvalue weighted by Gasteiger charge is -2.33. The molecule has 9 heteroatoms. The second-order valence-electron chi connectivity index (χ2n) is 8.55. The monoisotopic (exact) mass is 459 g/mol. The maximum Gasteiger partial charge on any atom is 0.250 e. The number of carbonyl (C=O) groups excluding carboxylic acids is 1. The Morgan fingerprint density at radius 3 is 2.65 bits per heavy atom. The number of likely N-dealkylation sites (tertiary alicyclic amines) is 1. The number of nitrogens with zero attached hydrogens (tertiary/aromatic N) is 7. The molecule has 1 aliphatic heterocycles. The van der Waals surface area contributed by atoms with Gasteiger partial charge in [-0.1, -0.05) is 0 Å². The molecule has 5 rings (SSSR count). The van der Waals surface area contributed by atoms with Crippen molar-refractivity contribution in [1.82, 2.24) is 34.4 Å². The van der Waals surface area contributed by atoms with Crippen LogP contribution < -0.4 is 0 Å². The van der Waals surface area contributed by atoms with Crippen LogP contribution in [-0.4, -0.2) is 53.4 Å². The van der Waals surface area contributed by atoms with Crippen LogP contribution in [0.3, 0.4) is 0 Å². The SMILES string of the molecule is Cc1ccnn1CCC(=O)N1CCCC(c2cc(-c3ccc(F)cc3)nn2-c2ncccn2)C1. The zero-order valence-electron chi connectivity index (χ0n) is 19.0. The van der Waals surface area contributed by atoms with Gasteiger partial charge in [0.1, 0.15) is 5.82 Å². The molecule has 0 N–H and O–H groups in total. The van der Waals surface area contributed by atoms with E-state index in [0.29, 0.717) is 25.5 Å². The molecule has 1 unspecified atom stereocenters. The van der Waals surface area contributed by atoms with Gasteiger partial charge in [0.15, 0.2) is 0 Å². The average Bonchev–Trinajstić information content (AvgIpc) is 3.50. The Morgan fingerprint density at radius 1 is 1.12 bits per heavy atom. The highest BCUT2D eigenvalue weighted by Crippen LogP contribution is 2.31. The molecule has 174 valence electrons. The fraction of sp³-hybridized carbons (Fsp3) is 0.320. The molecule has 0 radical (unpaired) electrons. The number of amides is 1. The molecule has 1 aromatic carbocycles. The molecule has 4 heterocycles. The highest BCUT2D eigenvalue weighted by atomic mass is 19.1. The van der Waals surface area contributed by atoms with Gasteiger partial charge < -0.3 is 4.90 Å². The fourth-order valence-electron chi connectivity index (χ4n) is 4.45. The number of piperidine rings is 1. The Morgan fingerprint density at radius 2 is 1.91 bits per heavy atom. The van der Waals surface area contributed by atoms with Crippen molar-refractivity contribution in [2.24, 2.45) is 0 Å². The van der Waals surface area contributed by atoms with E-state index in [4.69, 9.17) is 5.10 Å². The lowest BCUT2D eigenvalue weighted by Crippen LogP contribution is -2.40. The molecule has 8 nitrogen and oxygen atoms in total. The van der Waals surface area contributed by atoms with Crippen molar-refractivity contribution in [2.75, 3.05) is 13.1 Å². The average molecular weight is 460 g/mol. The molecule has 34 heavy (non-hydrogen) atoms. The second kappa shape index (κ2) is 9.54. The molecule has 1 atom stereocenters. The van der Waals surface area contributed by atoms with Gasteiger partial charge in [0, 0.05) is 61.8 Å². The van der Waals surface area contributed by atoms with E-state index in [-0.39, 0.29) is 17.6 Å². The van der Waals surface area contributed by atoms with E-state index in [9.17, 15) is 9.18 Å². The van der Waals surface area contributed by atoms with Crippen LogP contribution >= 0.6 is 0 Å². The summed E-state index contributed by atoms with van der Waals surface area (Å²) < 4.78 is 17.1. The van der Waals surface area contributed by atoms with E-state index in [1.54, 1.807) is 41.5 Å². The summed E-state index contributed by atoms with van der Waals surface area (Å²) >= 11 is 0. The summed E-state index contributed by atoms with van der Waals surface area (Å²) in [4.78, 5) is 23.7. The maximum absolute atomic E-state index is 13.4. The normalized spacial score (nSPS) is 16.1. The summed E-state index contributed by atoms with van der Waals surface area (Å²) in [6.07, 6.45) is 7.37. The van der Waals surface area contributed by atoms with Crippen LogP contribution in [0.2, 0.25) is 0 Å². The van der Waals surface area contributed by atoms with Gasteiger partial charge in [-0.25, -0.2) is 19.0 Å². The van der Waals surface area contributed by atoms with Crippen LogP contribution in [-0.2, 0) is 11.3 Å². The molecule has 1 aliphatic rings. The Hall–Kier alpha value is -3.88. The molecule has 3 aromatic heterocycles. The Kier molecular flexibility index (Phi) is 6.16. The van der Waals surface area contributed by atoms with Gasteiger partial charge in [-0.05, 0) is 62.2 Å². The predicted octanol–water partition coefficient (Wildman–Crippen LogP) is 3.77. The van der Waals surface area contributed by atoms with Crippen LogP contribution in [0.4, 0.5) is 4.39 Å². The maximum atomic E-state index is 13.4. The topological polar surface area (TPSA) is 81.7 Å². The molecular weight excluding hydrogens is 433 g/mol. The number of halogens is 1. The van der Waals surface area contributed by atoms with Crippen molar-refractivity contribution in [3.05, 3.63) is 78.3 Å². The van der Waals surface area contributed by atoms with Crippen molar-refractivity contribution in [3.8, 4) is 17.2 Å². The minimum atomic E-state index is -0.290. The lowest BCUT2D eigenvalue weighted by atomic mass is 9.93. The third-order valence-corrected chi connectivity index (χ3v) is 6.28. The Bertz CT molecular complexity index is 1270. The van der Waals surface area contributed by atoms with Crippen LogP contribution in [0, 0.1) is 12.7 Å². The first-order valence-electron chi connectivity index (χ1n) is 11.5. The molecular formula is C25H26FN7O. The largest absolute Gasteiger partial charge is 0.342 e. The summed E-state index contributed by atoms with van der Waals surface area (Å²) in [6, 6.07) is 12.0. The standard InChI is InChI=1S/C25H26FN7O/c1-18-9-13-29-32(18)15-10-24(34)31-14-2-4-20(17-31)23-16-22(19-5-7-21(26)8-6-19)30-33(23)25-27-11-3-12-28-25/h3,5-9,11-13,16,20H,2,4,10,14-15,17H2,1H3. The van der Waals surface area contributed by atoms with E-state index in [1.807, 2.05) is 28.6 Å². The number of aromatic nitrogens is 6. The molecule has 1 fully saturated rings. The number of benzene rings is 1. The van der Waals surface area contributed by atoms with Crippen molar-refractivity contribution in [1.29, 1.82) is 0 Å². The van der Waals surface area contributed by atoms with Gasteiger partial charge in [-0.2, -0.15) is 10.2 Å². The van der Waals surface area contributed by atoms with Crippen LogP contribution in [0.5, 0.6) is 0 Å². The van der Waals surface area contributed by atoms with Gasteiger partial charge in [-0.15, -0.1) is 0 Å². The quantitative estimate of drug-likeness (QED) is 0.438. The lowest BCUT2D eigenvalue weighted by molar-refractivity contribution is -0.132. The fourth-order valence-corrected chi connectivity index (χ4v) is 4.45. The van der Waals surface area contributed by atoms with Gasteiger partial charge in [0.2, 0.25) is 5.91 Å². The van der Waals surface area contributed by atoms with E-state index in [0.717, 1.165) is 42.0 Å². The Balaban J connectivity index is 1.39. The van der Waals surface area contributed by atoms with Crippen LogP contribution in [0.1, 0.15) is 36.6 Å². The summed E-state index contributed by atoms with van der Waals surface area (Å²) in [7, 11) is 0. The van der Waals surface area contributed by atoms with E-state index in [2.05, 4.69) is 15.1 Å². The number of hydrogen-bond donors (Lipinski definition) is 0. The minimum Gasteiger partial charge on any atom is -0.342 e. The first-order valence-corrected chi connectivity index (χ1v) is 11.5. The zero-order valence-corrected chi connectivity index (χ0v) is 19.0. The predicted molar refractivity (Wildman–Crippen MR) is 125 cm³/mol. The van der Waals surface area contributed by atoms with Crippen molar-refractivity contribution in [3.63, 3.8) is 0 Å². The summed E-state index contributed by atoms with van der Waals surface area (Å²) in [5.41, 5.74) is 3.53. The number of rotatable bonds is 6. The molecule has 0 aliphatic carbocycles. The smallest absolute Gasteiger partial charge is 0.250 e. The molecule has 1 saturated heterocycles. The van der Waals surface area contributed by atoms with Crippen molar-refractivity contribution in [2.45, 2.75) is 38.6 Å². The number of aryl methyl sites for hydroxylation is 2. The van der Waals surface area contributed by atoms with Gasteiger partial charge in [0.25, 0.3) is 5.95 Å². The Labute approximate surface area is 197 Å². The van der Waals surface area contributed by atoms with Crippen LogP contribution in [0.15, 0.2) is 61.1 Å². The first kappa shape index (κ1) is 21.9. The zero-order chi connectivity index (χ0) is 23.5. The molecule has 0 spiro atoms. The van der Waals surface area contributed by atoms with Gasteiger partial charge in [-0.3, -0.25) is 9.48 Å². The molecule has 0 saturated carbocycles. The first-order chi connectivity index (χ1) is 16.6. The highest BCUT2D eigenvalue weighted by molar-refractivity contribution is 5.76. The van der Waals surface area contributed by atoms with E-state index < -0.39 is 0 Å².